The highest BCUT2D eigenvalue weighted by atomic mass is 32.2. The van der Waals surface area contributed by atoms with Gasteiger partial charge in [0.25, 0.3) is 0 Å². The van der Waals surface area contributed by atoms with Gasteiger partial charge in [0.15, 0.2) is 0 Å². The van der Waals surface area contributed by atoms with Gasteiger partial charge in [0.2, 0.25) is 10.0 Å². The van der Waals surface area contributed by atoms with E-state index in [-0.39, 0.29) is 17.3 Å². The summed E-state index contributed by atoms with van der Waals surface area (Å²) in [5.41, 5.74) is 0. The molecular formula is C9H20N2O2S. The Labute approximate surface area is 86.5 Å². The summed E-state index contributed by atoms with van der Waals surface area (Å²) in [5.74, 6) is 0. The van der Waals surface area contributed by atoms with Crippen molar-refractivity contribution in [1.29, 1.82) is 0 Å². The van der Waals surface area contributed by atoms with Crippen LogP contribution in [0.25, 0.3) is 0 Å². The molecule has 2 atom stereocenters. The van der Waals surface area contributed by atoms with Crippen molar-refractivity contribution in [3.05, 3.63) is 0 Å². The molecule has 84 valence electrons. The fraction of sp³-hybridized carbons (Fsp3) is 1.00. The van der Waals surface area contributed by atoms with Crippen molar-refractivity contribution in [1.82, 2.24) is 10.0 Å². The second kappa shape index (κ2) is 4.59. The largest absolute Gasteiger partial charge is 0.313 e. The van der Waals surface area contributed by atoms with Gasteiger partial charge in [-0.2, -0.15) is 0 Å². The number of rotatable bonds is 3. The highest BCUT2D eigenvalue weighted by Gasteiger charge is 2.26. The Morgan fingerprint density at radius 2 is 2.07 bits per heavy atom. The van der Waals surface area contributed by atoms with Crippen LogP contribution >= 0.6 is 0 Å². The molecule has 1 aliphatic heterocycles. The van der Waals surface area contributed by atoms with Gasteiger partial charge in [0.1, 0.15) is 0 Å². The standard InChI is InChI=1S/C9H20N2O2S/c1-7(2)14(12,13)11-9-5-4-6-10-8(9)3/h7-11H,4-6H2,1-3H3. The normalized spacial score (nSPS) is 29.4. The van der Waals surface area contributed by atoms with Gasteiger partial charge < -0.3 is 5.32 Å². The first-order valence-electron chi connectivity index (χ1n) is 5.18. The molecule has 0 aromatic rings. The SMILES string of the molecule is CC1NCCCC1NS(=O)(=O)C(C)C. The van der Waals surface area contributed by atoms with E-state index in [0.29, 0.717) is 0 Å². The molecule has 0 saturated carbocycles. The summed E-state index contributed by atoms with van der Waals surface area (Å²) in [7, 11) is -3.12. The van der Waals surface area contributed by atoms with Gasteiger partial charge in [0.05, 0.1) is 5.25 Å². The molecule has 4 nitrogen and oxygen atoms in total. The van der Waals surface area contributed by atoms with Crippen molar-refractivity contribution in [2.75, 3.05) is 6.54 Å². The highest BCUT2D eigenvalue weighted by molar-refractivity contribution is 7.90. The van der Waals surface area contributed by atoms with Crippen molar-refractivity contribution in [2.24, 2.45) is 0 Å². The summed E-state index contributed by atoms with van der Waals surface area (Å²) in [6, 6.07) is 0.286. The fourth-order valence-electron chi connectivity index (χ4n) is 1.55. The predicted molar refractivity (Wildman–Crippen MR) is 57.7 cm³/mol. The molecule has 2 unspecified atom stereocenters. The van der Waals surface area contributed by atoms with Gasteiger partial charge in [0, 0.05) is 12.1 Å². The monoisotopic (exact) mass is 220 g/mol. The van der Waals surface area contributed by atoms with E-state index in [2.05, 4.69) is 10.0 Å². The van der Waals surface area contributed by atoms with Crippen LogP contribution in [0.15, 0.2) is 0 Å². The van der Waals surface area contributed by atoms with Crippen molar-refractivity contribution in [3.63, 3.8) is 0 Å². The number of hydrogen-bond donors (Lipinski definition) is 2. The van der Waals surface area contributed by atoms with E-state index in [9.17, 15) is 8.42 Å². The minimum absolute atomic E-state index is 0.0520. The van der Waals surface area contributed by atoms with E-state index in [0.717, 1.165) is 19.4 Å². The lowest BCUT2D eigenvalue weighted by Gasteiger charge is -2.30. The molecule has 14 heavy (non-hydrogen) atoms. The van der Waals surface area contributed by atoms with Crippen molar-refractivity contribution >= 4 is 10.0 Å². The summed E-state index contributed by atoms with van der Waals surface area (Å²) in [5, 5.41) is 2.92. The molecule has 0 aromatic carbocycles. The summed E-state index contributed by atoms with van der Waals surface area (Å²) >= 11 is 0. The lowest BCUT2D eigenvalue weighted by Crippen LogP contribution is -2.53. The van der Waals surface area contributed by atoms with Crippen LogP contribution in [0.5, 0.6) is 0 Å². The van der Waals surface area contributed by atoms with Crippen LogP contribution < -0.4 is 10.0 Å². The highest BCUT2D eigenvalue weighted by Crippen LogP contribution is 2.10. The Bertz CT molecular complexity index is 275. The van der Waals surface area contributed by atoms with Crippen molar-refractivity contribution in [3.8, 4) is 0 Å². The Morgan fingerprint density at radius 3 is 2.57 bits per heavy atom. The zero-order chi connectivity index (χ0) is 10.8. The van der Waals surface area contributed by atoms with Gasteiger partial charge in [-0.25, -0.2) is 13.1 Å². The van der Waals surface area contributed by atoms with Crippen LogP contribution in [0.3, 0.4) is 0 Å². The molecular weight excluding hydrogens is 200 g/mol. The van der Waals surface area contributed by atoms with E-state index >= 15 is 0 Å². The third-order valence-corrected chi connectivity index (χ3v) is 4.57. The van der Waals surface area contributed by atoms with E-state index in [4.69, 9.17) is 0 Å². The molecule has 0 radical (unpaired) electrons. The van der Waals surface area contributed by atoms with Gasteiger partial charge in [-0.3, -0.25) is 0 Å². The molecule has 0 bridgehead atoms. The smallest absolute Gasteiger partial charge is 0.214 e. The second-order valence-electron chi connectivity index (χ2n) is 4.20. The van der Waals surface area contributed by atoms with Gasteiger partial charge in [-0.05, 0) is 40.2 Å². The molecule has 5 heteroatoms. The third kappa shape index (κ3) is 2.93. The van der Waals surface area contributed by atoms with Crippen LogP contribution in [0.1, 0.15) is 33.6 Å². The van der Waals surface area contributed by atoms with Crippen molar-refractivity contribution < 1.29 is 8.42 Å². The fourth-order valence-corrected chi connectivity index (χ4v) is 2.57. The molecule has 1 aliphatic rings. The maximum Gasteiger partial charge on any atom is 0.214 e. The first-order chi connectivity index (χ1) is 6.43. The quantitative estimate of drug-likeness (QED) is 0.726. The molecule has 0 amide bonds. The zero-order valence-corrected chi connectivity index (χ0v) is 9.89. The van der Waals surface area contributed by atoms with Crippen LogP contribution in [-0.4, -0.2) is 32.3 Å². The Morgan fingerprint density at radius 1 is 1.43 bits per heavy atom. The molecule has 0 spiro atoms. The molecule has 1 fully saturated rings. The minimum atomic E-state index is -3.12. The Hall–Kier alpha value is -0.130. The first kappa shape index (κ1) is 11.9. The summed E-state index contributed by atoms with van der Waals surface area (Å²) in [6.07, 6.45) is 1.97. The van der Waals surface area contributed by atoms with Crippen molar-refractivity contribution in [2.45, 2.75) is 50.9 Å². The summed E-state index contributed by atoms with van der Waals surface area (Å²) < 4.78 is 26.0. The molecule has 1 rings (SSSR count). The minimum Gasteiger partial charge on any atom is -0.313 e. The first-order valence-corrected chi connectivity index (χ1v) is 6.72. The predicted octanol–water partition coefficient (Wildman–Crippen LogP) is 0.455. The number of nitrogens with one attached hydrogen (secondary N) is 2. The van der Waals surface area contributed by atoms with E-state index < -0.39 is 10.0 Å². The summed E-state index contributed by atoms with van der Waals surface area (Å²) in [6.45, 7) is 6.40. The maximum atomic E-state index is 11.6. The maximum absolute atomic E-state index is 11.6. The van der Waals surface area contributed by atoms with E-state index in [1.54, 1.807) is 13.8 Å². The number of piperidine rings is 1. The summed E-state index contributed by atoms with van der Waals surface area (Å²) in [4.78, 5) is 0. The molecule has 0 aromatic heterocycles. The molecule has 2 N–H and O–H groups in total. The molecule has 1 saturated heterocycles. The lowest BCUT2D eigenvalue weighted by molar-refractivity contribution is 0.348. The van der Waals surface area contributed by atoms with Gasteiger partial charge >= 0.3 is 0 Å². The zero-order valence-electron chi connectivity index (χ0n) is 9.08. The van der Waals surface area contributed by atoms with Crippen LogP contribution in [0, 0.1) is 0 Å². The van der Waals surface area contributed by atoms with E-state index in [1.807, 2.05) is 6.92 Å². The Kier molecular flexibility index (Phi) is 3.92. The van der Waals surface area contributed by atoms with Crippen LogP contribution in [0.4, 0.5) is 0 Å². The second-order valence-corrected chi connectivity index (χ2v) is 6.47. The molecule has 1 heterocycles. The lowest BCUT2D eigenvalue weighted by atomic mass is 10.0. The van der Waals surface area contributed by atoms with Crippen LogP contribution in [-0.2, 0) is 10.0 Å². The van der Waals surface area contributed by atoms with Gasteiger partial charge in [-0.1, -0.05) is 0 Å². The number of sulfonamides is 1. The van der Waals surface area contributed by atoms with Gasteiger partial charge in [-0.15, -0.1) is 0 Å². The van der Waals surface area contributed by atoms with Crippen LogP contribution in [0.2, 0.25) is 0 Å². The molecule has 0 aliphatic carbocycles. The average molecular weight is 220 g/mol. The average Bonchev–Trinajstić information content (AvgIpc) is 2.08. The van der Waals surface area contributed by atoms with E-state index in [1.165, 1.54) is 0 Å². The third-order valence-electron chi connectivity index (χ3n) is 2.70. The topological polar surface area (TPSA) is 58.2 Å². The Balaban J connectivity index is 2.58. The number of hydrogen-bond acceptors (Lipinski definition) is 3.